The van der Waals surface area contributed by atoms with Crippen LogP contribution in [0.1, 0.15) is 5.56 Å². The Morgan fingerprint density at radius 2 is 1.22 bits per heavy atom. The predicted octanol–water partition coefficient (Wildman–Crippen LogP) is 6.47. The fourth-order valence-corrected chi connectivity index (χ4v) is 4.05. The first-order valence-electron chi connectivity index (χ1n) is 8.06. The van der Waals surface area contributed by atoms with Gasteiger partial charge >= 0.3 is 0 Å². The third kappa shape index (κ3) is 1.61. The summed E-state index contributed by atoms with van der Waals surface area (Å²) in [5, 5.41) is 10.9. The van der Waals surface area contributed by atoms with Crippen LogP contribution in [0.5, 0.6) is 0 Å². The Balaban J connectivity index is 2.22. The average Bonchev–Trinajstić information content (AvgIpc) is 2.60. The zero-order valence-electron chi connectivity index (χ0n) is 12.8. The van der Waals surface area contributed by atoms with E-state index in [2.05, 4.69) is 73.3 Å². The van der Waals surface area contributed by atoms with Crippen molar-refractivity contribution >= 4 is 43.1 Å². The van der Waals surface area contributed by atoms with Gasteiger partial charge in [-0.05, 0) is 55.1 Å². The smallest absolute Gasteiger partial charge is 0.00235 e. The van der Waals surface area contributed by atoms with Crippen molar-refractivity contribution < 1.29 is 0 Å². The van der Waals surface area contributed by atoms with Gasteiger partial charge in [-0.25, -0.2) is 0 Å². The lowest BCUT2D eigenvalue weighted by Crippen LogP contribution is -1.91. The fraction of sp³-hybridized carbons (Fsp3) is 0.0435. The van der Waals surface area contributed by atoms with Gasteiger partial charge in [-0.2, -0.15) is 0 Å². The molecule has 0 atom stereocenters. The Kier molecular flexibility index (Phi) is 2.51. The van der Waals surface area contributed by atoms with E-state index in [0.29, 0.717) is 0 Å². The molecule has 0 heterocycles. The molecular weight excluding hydrogens is 276 g/mol. The number of allylic oxidation sites excluding steroid dienone is 1. The van der Waals surface area contributed by atoms with Crippen molar-refractivity contribution in [1.29, 1.82) is 0 Å². The quantitative estimate of drug-likeness (QED) is 0.199. The van der Waals surface area contributed by atoms with Gasteiger partial charge in [0.2, 0.25) is 0 Å². The molecule has 0 fully saturated rings. The zero-order chi connectivity index (χ0) is 15.4. The minimum atomic E-state index is 0.901. The van der Waals surface area contributed by atoms with Crippen LogP contribution >= 0.6 is 0 Å². The van der Waals surface area contributed by atoms with E-state index in [1.54, 1.807) is 0 Å². The molecule has 5 aromatic carbocycles. The van der Waals surface area contributed by atoms with Crippen LogP contribution < -0.4 is 0 Å². The highest BCUT2D eigenvalue weighted by Gasteiger charge is 2.14. The summed E-state index contributed by atoms with van der Waals surface area (Å²) in [4.78, 5) is 0. The van der Waals surface area contributed by atoms with Crippen molar-refractivity contribution in [2.75, 3.05) is 0 Å². The van der Waals surface area contributed by atoms with Crippen LogP contribution in [-0.2, 0) is 6.42 Å². The minimum Gasteiger partial charge on any atom is -0.103 e. The zero-order valence-corrected chi connectivity index (χ0v) is 12.8. The molecule has 0 heteroatoms. The summed E-state index contributed by atoms with van der Waals surface area (Å²) in [6.07, 6.45) is 2.90. The van der Waals surface area contributed by atoms with Crippen molar-refractivity contribution in [1.82, 2.24) is 0 Å². The van der Waals surface area contributed by atoms with Crippen molar-refractivity contribution in [3.8, 4) is 0 Å². The molecule has 0 aliphatic rings. The van der Waals surface area contributed by atoms with Crippen LogP contribution in [0.3, 0.4) is 0 Å². The number of rotatable bonds is 2. The van der Waals surface area contributed by atoms with Crippen molar-refractivity contribution in [2.24, 2.45) is 0 Å². The molecule has 0 amide bonds. The number of hydrogen-bond acceptors (Lipinski definition) is 0. The van der Waals surface area contributed by atoms with Gasteiger partial charge < -0.3 is 0 Å². The maximum Gasteiger partial charge on any atom is -0.00235 e. The van der Waals surface area contributed by atoms with Gasteiger partial charge in [0, 0.05) is 0 Å². The normalized spacial score (nSPS) is 11.8. The SMILES string of the molecule is C=CCc1ccc2cccc3c4cccc5cccc(c1c23)c54. The van der Waals surface area contributed by atoms with E-state index in [4.69, 9.17) is 0 Å². The summed E-state index contributed by atoms with van der Waals surface area (Å²) in [5.74, 6) is 0. The van der Waals surface area contributed by atoms with Crippen LogP contribution in [0.2, 0.25) is 0 Å². The highest BCUT2D eigenvalue weighted by Crippen LogP contribution is 2.41. The molecule has 0 aromatic heterocycles. The highest BCUT2D eigenvalue weighted by molar-refractivity contribution is 6.33. The molecule has 108 valence electrons. The third-order valence-electron chi connectivity index (χ3n) is 4.96. The van der Waals surface area contributed by atoms with E-state index in [1.807, 2.05) is 6.08 Å². The fourth-order valence-electron chi connectivity index (χ4n) is 4.05. The maximum atomic E-state index is 3.95. The topological polar surface area (TPSA) is 0 Å². The number of hydrogen-bond donors (Lipinski definition) is 0. The second kappa shape index (κ2) is 4.57. The van der Waals surface area contributed by atoms with Gasteiger partial charge in [0.15, 0.2) is 0 Å². The van der Waals surface area contributed by atoms with Crippen LogP contribution in [0.4, 0.5) is 0 Å². The monoisotopic (exact) mass is 292 g/mol. The molecule has 0 aliphatic heterocycles. The third-order valence-corrected chi connectivity index (χ3v) is 4.96. The average molecular weight is 292 g/mol. The second-order valence-corrected chi connectivity index (χ2v) is 6.21. The van der Waals surface area contributed by atoms with E-state index < -0.39 is 0 Å². The lowest BCUT2D eigenvalue weighted by molar-refractivity contribution is 1.32. The summed E-state index contributed by atoms with van der Waals surface area (Å²) in [7, 11) is 0. The second-order valence-electron chi connectivity index (χ2n) is 6.21. The first kappa shape index (κ1) is 12.7. The molecule has 5 aromatic rings. The Morgan fingerprint density at radius 1 is 0.609 bits per heavy atom. The highest BCUT2D eigenvalue weighted by atomic mass is 14.2. The lowest BCUT2D eigenvalue weighted by atomic mass is 9.87. The Morgan fingerprint density at radius 3 is 1.91 bits per heavy atom. The largest absolute Gasteiger partial charge is 0.103 e. The molecule has 23 heavy (non-hydrogen) atoms. The van der Waals surface area contributed by atoms with Gasteiger partial charge in [-0.1, -0.05) is 72.8 Å². The molecule has 0 unspecified atom stereocenters. The van der Waals surface area contributed by atoms with E-state index in [-0.39, 0.29) is 0 Å². The van der Waals surface area contributed by atoms with Gasteiger partial charge in [0.25, 0.3) is 0 Å². The summed E-state index contributed by atoms with van der Waals surface area (Å²) in [5.41, 5.74) is 1.36. The Hall–Kier alpha value is -2.86. The molecule has 0 N–H and O–H groups in total. The maximum absolute atomic E-state index is 3.95. The van der Waals surface area contributed by atoms with Gasteiger partial charge in [-0.15, -0.1) is 6.58 Å². The van der Waals surface area contributed by atoms with Crippen molar-refractivity contribution in [3.63, 3.8) is 0 Å². The number of fused-ring (bicyclic) bond motifs is 2. The van der Waals surface area contributed by atoms with Gasteiger partial charge in [-0.3, -0.25) is 0 Å². The van der Waals surface area contributed by atoms with Crippen molar-refractivity contribution in [2.45, 2.75) is 6.42 Å². The van der Waals surface area contributed by atoms with E-state index in [1.165, 1.54) is 48.7 Å². The predicted molar refractivity (Wildman–Crippen MR) is 102 cm³/mol. The van der Waals surface area contributed by atoms with Crippen molar-refractivity contribution in [3.05, 3.63) is 84.9 Å². The molecule has 0 saturated carbocycles. The van der Waals surface area contributed by atoms with E-state index in [0.717, 1.165) is 6.42 Å². The van der Waals surface area contributed by atoms with Crippen LogP contribution in [0.15, 0.2) is 79.4 Å². The molecule has 0 aliphatic carbocycles. The van der Waals surface area contributed by atoms with Crippen LogP contribution in [-0.4, -0.2) is 0 Å². The van der Waals surface area contributed by atoms with Gasteiger partial charge in [0.05, 0.1) is 0 Å². The molecule has 0 radical (unpaired) electrons. The molecule has 0 nitrogen and oxygen atoms in total. The lowest BCUT2D eigenvalue weighted by Gasteiger charge is -2.16. The molecule has 0 saturated heterocycles. The van der Waals surface area contributed by atoms with Crippen LogP contribution in [0.25, 0.3) is 43.1 Å². The van der Waals surface area contributed by atoms with E-state index >= 15 is 0 Å². The standard InChI is InChI=1S/C23H16/c1-2-6-15-13-14-17-9-4-11-19-18-10-3-7-16-8-5-12-20(21(16)18)23(15)22(17)19/h2-5,7-14H,1,6H2. The first-order valence-corrected chi connectivity index (χ1v) is 8.06. The summed E-state index contributed by atoms with van der Waals surface area (Å²) in [6, 6.07) is 24.4. The summed E-state index contributed by atoms with van der Waals surface area (Å²) >= 11 is 0. The van der Waals surface area contributed by atoms with E-state index in [9.17, 15) is 0 Å². The molecular formula is C23H16. The summed E-state index contributed by atoms with van der Waals surface area (Å²) < 4.78 is 0. The minimum absolute atomic E-state index is 0.901. The molecule has 0 bridgehead atoms. The number of benzene rings is 5. The molecule has 5 rings (SSSR count). The Labute approximate surface area is 135 Å². The Bertz CT molecular complexity index is 1190. The van der Waals surface area contributed by atoms with Crippen LogP contribution in [0, 0.1) is 0 Å². The first-order chi connectivity index (χ1) is 11.4. The van der Waals surface area contributed by atoms with Gasteiger partial charge in [0.1, 0.15) is 0 Å². The molecule has 0 spiro atoms. The summed E-state index contributed by atoms with van der Waals surface area (Å²) in [6.45, 7) is 3.95.